The molecule has 2 aromatic carbocycles. The highest BCUT2D eigenvalue weighted by atomic mass is 79.9. The van der Waals surface area contributed by atoms with Crippen LogP contribution in [-0.2, 0) is 5.33 Å². The summed E-state index contributed by atoms with van der Waals surface area (Å²) in [6, 6.07) is 18.0. The van der Waals surface area contributed by atoms with Crippen LogP contribution in [0, 0.1) is 0 Å². The molecular formula is C16H12BrNO. The van der Waals surface area contributed by atoms with E-state index in [1.165, 1.54) is 0 Å². The SMILES string of the molecule is BrCc1ccccc1Oc1cnc2ccccc2c1. The van der Waals surface area contributed by atoms with Gasteiger partial charge in [-0.1, -0.05) is 52.3 Å². The largest absolute Gasteiger partial charge is 0.455 e. The number of benzene rings is 2. The molecule has 0 spiro atoms. The van der Waals surface area contributed by atoms with E-state index in [1.54, 1.807) is 6.20 Å². The van der Waals surface area contributed by atoms with Gasteiger partial charge in [-0.2, -0.15) is 0 Å². The van der Waals surface area contributed by atoms with Gasteiger partial charge >= 0.3 is 0 Å². The summed E-state index contributed by atoms with van der Waals surface area (Å²) < 4.78 is 5.92. The molecule has 3 aromatic rings. The summed E-state index contributed by atoms with van der Waals surface area (Å²) in [6.45, 7) is 0. The van der Waals surface area contributed by atoms with Gasteiger partial charge < -0.3 is 4.74 Å². The van der Waals surface area contributed by atoms with Crippen molar-refractivity contribution in [1.29, 1.82) is 0 Å². The molecule has 0 aliphatic carbocycles. The Morgan fingerprint density at radius 3 is 2.68 bits per heavy atom. The van der Waals surface area contributed by atoms with Gasteiger partial charge in [-0.25, -0.2) is 0 Å². The molecule has 94 valence electrons. The summed E-state index contributed by atoms with van der Waals surface area (Å²) in [5.74, 6) is 1.61. The van der Waals surface area contributed by atoms with E-state index in [9.17, 15) is 0 Å². The van der Waals surface area contributed by atoms with Crippen LogP contribution in [0.4, 0.5) is 0 Å². The quantitative estimate of drug-likeness (QED) is 0.640. The summed E-state index contributed by atoms with van der Waals surface area (Å²) in [7, 11) is 0. The first-order valence-electron chi connectivity index (χ1n) is 6.03. The van der Waals surface area contributed by atoms with E-state index in [0.29, 0.717) is 0 Å². The lowest BCUT2D eigenvalue weighted by Gasteiger charge is -2.09. The van der Waals surface area contributed by atoms with Gasteiger partial charge in [0.05, 0.1) is 11.7 Å². The second-order valence-electron chi connectivity index (χ2n) is 4.21. The van der Waals surface area contributed by atoms with Gasteiger partial charge in [0.15, 0.2) is 0 Å². The Bertz CT molecular complexity index is 712. The maximum absolute atomic E-state index is 5.92. The maximum atomic E-state index is 5.92. The van der Waals surface area contributed by atoms with Gasteiger partial charge in [0.2, 0.25) is 0 Å². The van der Waals surface area contributed by atoms with Crippen molar-refractivity contribution < 1.29 is 4.74 Å². The molecule has 19 heavy (non-hydrogen) atoms. The Morgan fingerprint density at radius 1 is 1.00 bits per heavy atom. The molecule has 0 fully saturated rings. The zero-order valence-corrected chi connectivity index (χ0v) is 11.8. The van der Waals surface area contributed by atoms with Crippen LogP contribution in [-0.4, -0.2) is 4.98 Å². The van der Waals surface area contributed by atoms with Crippen LogP contribution >= 0.6 is 15.9 Å². The summed E-state index contributed by atoms with van der Waals surface area (Å²) in [5, 5.41) is 1.85. The van der Waals surface area contributed by atoms with Gasteiger partial charge in [-0.15, -0.1) is 0 Å². The van der Waals surface area contributed by atoms with E-state index < -0.39 is 0 Å². The van der Waals surface area contributed by atoms with E-state index in [1.807, 2.05) is 54.6 Å². The van der Waals surface area contributed by atoms with Gasteiger partial charge in [0, 0.05) is 16.3 Å². The number of nitrogens with zero attached hydrogens (tertiary/aromatic N) is 1. The Morgan fingerprint density at radius 2 is 1.79 bits per heavy atom. The first kappa shape index (κ1) is 12.2. The minimum atomic E-state index is 0.757. The monoisotopic (exact) mass is 313 g/mol. The van der Waals surface area contributed by atoms with E-state index in [-0.39, 0.29) is 0 Å². The fourth-order valence-electron chi connectivity index (χ4n) is 1.95. The minimum Gasteiger partial charge on any atom is -0.455 e. The van der Waals surface area contributed by atoms with Crippen LogP contribution in [0.25, 0.3) is 10.9 Å². The third-order valence-corrected chi connectivity index (χ3v) is 3.51. The third kappa shape index (κ3) is 2.61. The van der Waals surface area contributed by atoms with E-state index >= 15 is 0 Å². The Balaban J connectivity index is 1.96. The van der Waals surface area contributed by atoms with Crippen LogP contribution in [0.15, 0.2) is 60.8 Å². The Labute approximate surface area is 120 Å². The van der Waals surface area contributed by atoms with Gasteiger partial charge in [-0.05, 0) is 18.2 Å². The molecule has 1 aromatic heterocycles. The van der Waals surface area contributed by atoms with Crippen molar-refractivity contribution in [2.75, 3.05) is 0 Å². The lowest BCUT2D eigenvalue weighted by molar-refractivity contribution is 0.477. The van der Waals surface area contributed by atoms with E-state index in [2.05, 4.69) is 20.9 Å². The van der Waals surface area contributed by atoms with E-state index in [0.717, 1.165) is 33.3 Å². The Kier molecular flexibility index (Phi) is 3.47. The number of pyridine rings is 1. The molecule has 1 heterocycles. The van der Waals surface area contributed by atoms with Gasteiger partial charge in [-0.3, -0.25) is 4.98 Å². The predicted octanol–water partition coefficient (Wildman–Crippen LogP) is 4.92. The van der Waals surface area contributed by atoms with Crippen molar-refractivity contribution in [3.63, 3.8) is 0 Å². The molecule has 0 radical (unpaired) electrons. The number of alkyl halides is 1. The fraction of sp³-hybridized carbons (Fsp3) is 0.0625. The first-order valence-corrected chi connectivity index (χ1v) is 7.15. The molecule has 0 saturated heterocycles. The second kappa shape index (κ2) is 5.41. The summed E-state index contributed by atoms with van der Waals surface area (Å²) in [6.07, 6.45) is 1.76. The number of ether oxygens (including phenoxy) is 1. The number of para-hydroxylation sites is 2. The molecule has 0 aliphatic rings. The average Bonchev–Trinajstić information content (AvgIpc) is 2.48. The van der Waals surface area contributed by atoms with Crippen LogP contribution in [0.2, 0.25) is 0 Å². The van der Waals surface area contributed by atoms with Crippen molar-refractivity contribution >= 4 is 26.8 Å². The molecular weight excluding hydrogens is 302 g/mol. The zero-order chi connectivity index (χ0) is 13.1. The second-order valence-corrected chi connectivity index (χ2v) is 4.77. The van der Waals surface area contributed by atoms with E-state index in [4.69, 9.17) is 4.74 Å². The first-order chi connectivity index (χ1) is 9.36. The number of aromatic nitrogens is 1. The maximum Gasteiger partial charge on any atom is 0.146 e. The van der Waals surface area contributed by atoms with Gasteiger partial charge in [0.1, 0.15) is 11.5 Å². The predicted molar refractivity (Wildman–Crippen MR) is 80.9 cm³/mol. The molecule has 0 saturated carbocycles. The van der Waals surface area contributed by atoms with Crippen LogP contribution in [0.1, 0.15) is 5.56 Å². The van der Waals surface area contributed by atoms with Crippen LogP contribution < -0.4 is 4.74 Å². The minimum absolute atomic E-state index is 0.757. The Hall–Kier alpha value is -1.87. The van der Waals surface area contributed by atoms with Crippen LogP contribution in [0.5, 0.6) is 11.5 Å². The average molecular weight is 314 g/mol. The van der Waals surface area contributed by atoms with Gasteiger partial charge in [0.25, 0.3) is 0 Å². The summed E-state index contributed by atoms with van der Waals surface area (Å²) in [5.41, 5.74) is 2.10. The molecule has 0 aliphatic heterocycles. The highest BCUT2D eigenvalue weighted by Crippen LogP contribution is 2.27. The van der Waals surface area contributed by atoms with Crippen molar-refractivity contribution in [1.82, 2.24) is 4.98 Å². The lowest BCUT2D eigenvalue weighted by atomic mass is 10.2. The molecule has 0 atom stereocenters. The number of halogens is 1. The molecule has 3 rings (SSSR count). The smallest absolute Gasteiger partial charge is 0.146 e. The van der Waals surface area contributed by atoms with Crippen molar-refractivity contribution in [3.8, 4) is 11.5 Å². The number of hydrogen-bond donors (Lipinski definition) is 0. The molecule has 2 nitrogen and oxygen atoms in total. The third-order valence-electron chi connectivity index (χ3n) is 2.91. The zero-order valence-electron chi connectivity index (χ0n) is 10.2. The topological polar surface area (TPSA) is 22.1 Å². The van der Waals surface area contributed by atoms with Crippen molar-refractivity contribution in [3.05, 3.63) is 66.4 Å². The number of hydrogen-bond acceptors (Lipinski definition) is 2. The van der Waals surface area contributed by atoms with Crippen molar-refractivity contribution in [2.45, 2.75) is 5.33 Å². The van der Waals surface area contributed by atoms with Crippen LogP contribution in [0.3, 0.4) is 0 Å². The number of rotatable bonds is 3. The molecule has 0 unspecified atom stereocenters. The summed E-state index contributed by atoms with van der Waals surface area (Å²) >= 11 is 3.47. The fourth-order valence-corrected chi connectivity index (χ4v) is 2.41. The molecule has 0 bridgehead atoms. The molecule has 3 heteroatoms. The molecule has 0 amide bonds. The normalized spacial score (nSPS) is 10.6. The highest BCUT2D eigenvalue weighted by Gasteiger charge is 2.04. The standard InChI is InChI=1S/C16H12BrNO/c17-10-13-6-2-4-8-16(13)19-14-9-12-5-1-3-7-15(12)18-11-14/h1-9,11H,10H2. The lowest BCUT2D eigenvalue weighted by Crippen LogP contribution is -1.90. The highest BCUT2D eigenvalue weighted by molar-refractivity contribution is 9.08. The molecule has 0 N–H and O–H groups in total. The summed E-state index contributed by atoms with van der Waals surface area (Å²) in [4.78, 5) is 4.40. The number of fused-ring (bicyclic) bond motifs is 1. The van der Waals surface area contributed by atoms with Crippen molar-refractivity contribution in [2.24, 2.45) is 0 Å².